The van der Waals surface area contributed by atoms with Gasteiger partial charge in [-0.15, -0.1) is 0 Å². The third-order valence-corrected chi connectivity index (χ3v) is 3.49. The summed E-state index contributed by atoms with van der Waals surface area (Å²) >= 11 is 5.12. The summed E-state index contributed by atoms with van der Waals surface area (Å²) in [6.45, 7) is 6.26. The summed E-state index contributed by atoms with van der Waals surface area (Å²) in [6.07, 6.45) is 0. The van der Waals surface area contributed by atoms with Crippen molar-refractivity contribution in [1.29, 1.82) is 0 Å². The number of aryl methyl sites for hydroxylation is 2. The molecule has 1 aromatic heterocycles. The number of hydrogen-bond acceptors (Lipinski definition) is 3. The zero-order valence-electron chi connectivity index (χ0n) is 12.3. The molecular weight excluding hydrogens is 268 g/mol. The molecule has 0 aliphatic rings. The van der Waals surface area contributed by atoms with Gasteiger partial charge in [-0.05, 0) is 30.5 Å². The maximum atomic E-state index is 5.80. The Labute approximate surface area is 125 Å². The molecule has 0 spiro atoms. The van der Waals surface area contributed by atoms with Crippen molar-refractivity contribution in [3.8, 4) is 0 Å². The highest BCUT2D eigenvalue weighted by Gasteiger charge is 2.15. The highest BCUT2D eigenvalue weighted by molar-refractivity contribution is 7.80. The summed E-state index contributed by atoms with van der Waals surface area (Å²) in [7, 11) is 1.88. The van der Waals surface area contributed by atoms with Crippen molar-refractivity contribution < 1.29 is 0 Å². The van der Waals surface area contributed by atoms with E-state index < -0.39 is 0 Å². The van der Waals surface area contributed by atoms with Crippen LogP contribution in [0.25, 0.3) is 0 Å². The van der Waals surface area contributed by atoms with Crippen LogP contribution in [0.3, 0.4) is 0 Å². The van der Waals surface area contributed by atoms with Gasteiger partial charge in [0.2, 0.25) is 0 Å². The van der Waals surface area contributed by atoms with E-state index in [-0.39, 0.29) is 0 Å². The van der Waals surface area contributed by atoms with Gasteiger partial charge in [-0.3, -0.25) is 4.68 Å². The lowest BCUT2D eigenvalue weighted by atomic mass is 10.0. The van der Waals surface area contributed by atoms with Gasteiger partial charge in [-0.1, -0.05) is 38.2 Å². The van der Waals surface area contributed by atoms with E-state index in [9.17, 15) is 0 Å². The van der Waals surface area contributed by atoms with E-state index in [1.165, 1.54) is 5.56 Å². The van der Waals surface area contributed by atoms with E-state index in [2.05, 4.69) is 36.4 Å². The number of nitrogens with one attached hydrogen (secondary N) is 1. The van der Waals surface area contributed by atoms with Crippen molar-refractivity contribution in [3.63, 3.8) is 0 Å². The molecule has 106 valence electrons. The fraction of sp³-hybridized carbons (Fsp3) is 0.333. The first-order chi connectivity index (χ1) is 9.40. The molecule has 0 unspecified atom stereocenters. The molecule has 0 amide bonds. The van der Waals surface area contributed by atoms with Crippen molar-refractivity contribution in [3.05, 3.63) is 41.1 Å². The number of thiocarbonyl (C=S) groups is 1. The van der Waals surface area contributed by atoms with E-state index in [0.29, 0.717) is 10.9 Å². The lowest BCUT2D eigenvalue weighted by Crippen LogP contribution is -2.13. The maximum absolute atomic E-state index is 5.80. The van der Waals surface area contributed by atoms with E-state index in [4.69, 9.17) is 18.0 Å². The predicted molar refractivity (Wildman–Crippen MR) is 87.6 cm³/mol. The second kappa shape index (κ2) is 5.63. The lowest BCUT2D eigenvalue weighted by Gasteiger charge is -2.12. The predicted octanol–water partition coefficient (Wildman–Crippen LogP) is 3.23. The molecule has 5 heteroatoms. The smallest absolute Gasteiger partial charge is 0.138 e. The Morgan fingerprint density at radius 2 is 2.10 bits per heavy atom. The molecule has 0 aliphatic heterocycles. The van der Waals surface area contributed by atoms with Gasteiger partial charge in [0.25, 0.3) is 0 Å². The van der Waals surface area contributed by atoms with Gasteiger partial charge in [-0.25, -0.2) is 0 Å². The molecule has 0 fully saturated rings. The Morgan fingerprint density at radius 3 is 2.70 bits per heavy atom. The van der Waals surface area contributed by atoms with Crippen molar-refractivity contribution in [2.45, 2.75) is 26.7 Å². The molecule has 4 nitrogen and oxygen atoms in total. The molecule has 2 rings (SSSR count). The maximum Gasteiger partial charge on any atom is 0.138 e. The summed E-state index contributed by atoms with van der Waals surface area (Å²) < 4.78 is 1.77. The van der Waals surface area contributed by atoms with Gasteiger partial charge in [0.1, 0.15) is 10.8 Å². The highest BCUT2D eigenvalue weighted by atomic mass is 32.1. The molecule has 2 aromatic rings. The van der Waals surface area contributed by atoms with Crippen LogP contribution >= 0.6 is 12.2 Å². The second-order valence-electron chi connectivity index (χ2n) is 5.20. The minimum Gasteiger partial charge on any atom is -0.389 e. The fourth-order valence-corrected chi connectivity index (χ4v) is 2.45. The van der Waals surface area contributed by atoms with Gasteiger partial charge in [0, 0.05) is 12.7 Å². The molecule has 1 heterocycles. The number of hydrogen-bond donors (Lipinski definition) is 2. The first kappa shape index (κ1) is 14.5. The first-order valence-corrected chi connectivity index (χ1v) is 7.01. The molecule has 0 saturated heterocycles. The molecular formula is C15H20N4S. The largest absolute Gasteiger partial charge is 0.389 e. The Balaban J connectivity index is 2.40. The van der Waals surface area contributed by atoms with Gasteiger partial charge < -0.3 is 11.1 Å². The van der Waals surface area contributed by atoms with Crippen LogP contribution in [0.15, 0.2) is 24.3 Å². The van der Waals surface area contributed by atoms with Crippen LogP contribution in [0.5, 0.6) is 0 Å². The van der Waals surface area contributed by atoms with Crippen LogP contribution in [0.4, 0.5) is 11.5 Å². The van der Waals surface area contributed by atoms with E-state index >= 15 is 0 Å². The number of nitrogens with zero attached hydrogens (tertiary/aromatic N) is 2. The van der Waals surface area contributed by atoms with Crippen LogP contribution in [0.1, 0.15) is 36.6 Å². The summed E-state index contributed by atoms with van der Waals surface area (Å²) in [5.41, 5.74) is 9.73. The number of rotatable bonds is 4. The van der Waals surface area contributed by atoms with Gasteiger partial charge in [0.05, 0.1) is 11.3 Å². The Kier molecular flexibility index (Phi) is 4.09. The quantitative estimate of drug-likeness (QED) is 0.848. The molecule has 20 heavy (non-hydrogen) atoms. The second-order valence-corrected chi connectivity index (χ2v) is 5.64. The van der Waals surface area contributed by atoms with Gasteiger partial charge >= 0.3 is 0 Å². The van der Waals surface area contributed by atoms with Gasteiger partial charge in [-0.2, -0.15) is 5.10 Å². The number of aromatic nitrogens is 2. The molecule has 0 aliphatic carbocycles. The average Bonchev–Trinajstić information content (AvgIpc) is 2.64. The van der Waals surface area contributed by atoms with Gasteiger partial charge in [0.15, 0.2) is 0 Å². The fourth-order valence-electron chi connectivity index (χ4n) is 2.21. The molecule has 1 aromatic carbocycles. The minimum atomic E-state index is 0.359. The highest BCUT2D eigenvalue weighted by Crippen LogP contribution is 2.25. The molecule has 0 saturated carbocycles. The summed E-state index contributed by atoms with van der Waals surface area (Å²) in [5.74, 6) is 1.32. The normalized spacial score (nSPS) is 10.8. The topological polar surface area (TPSA) is 55.9 Å². The molecule has 0 radical (unpaired) electrons. The summed E-state index contributed by atoms with van der Waals surface area (Å²) in [4.78, 5) is 0.359. The zero-order chi connectivity index (χ0) is 14.9. The van der Waals surface area contributed by atoms with Crippen molar-refractivity contribution in [1.82, 2.24) is 9.78 Å². The third-order valence-electron chi connectivity index (χ3n) is 3.28. The van der Waals surface area contributed by atoms with Crippen LogP contribution in [-0.2, 0) is 7.05 Å². The van der Waals surface area contributed by atoms with Crippen LogP contribution in [0.2, 0.25) is 0 Å². The molecule has 0 atom stereocenters. The van der Waals surface area contributed by atoms with Crippen LogP contribution < -0.4 is 11.1 Å². The Morgan fingerprint density at radius 1 is 1.40 bits per heavy atom. The van der Waals surface area contributed by atoms with Crippen molar-refractivity contribution in [2.24, 2.45) is 12.8 Å². The monoisotopic (exact) mass is 288 g/mol. The summed E-state index contributed by atoms with van der Waals surface area (Å²) in [6, 6.07) is 8.33. The minimum absolute atomic E-state index is 0.359. The van der Waals surface area contributed by atoms with E-state index in [1.54, 1.807) is 4.68 Å². The van der Waals surface area contributed by atoms with E-state index in [0.717, 1.165) is 22.8 Å². The number of nitrogens with two attached hydrogens (primary N) is 1. The number of benzene rings is 1. The van der Waals surface area contributed by atoms with E-state index in [1.807, 2.05) is 26.1 Å². The van der Waals surface area contributed by atoms with Crippen LogP contribution in [0, 0.1) is 6.92 Å². The SMILES string of the molecule is Cc1nn(C)c(Nc2cccc(C(C)C)c2)c1C(N)=S. The number of anilines is 2. The lowest BCUT2D eigenvalue weighted by molar-refractivity contribution is 0.765. The third kappa shape index (κ3) is 2.82. The molecule has 3 N–H and O–H groups in total. The average molecular weight is 288 g/mol. The zero-order valence-corrected chi connectivity index (χ0v) is 13.1. The Bertz CT molecular complexity index is 643. The summed E-state index contributed by atoms with van der Waals surface area (Å²) in [5, 5.41) is 7.74. The standard InChI is InChI=1S/C15H20N4S/c1-9(2)11-6-5-7-12(8-11)17-15-13(14(16)20)10(3)18-19(15)4/h5-9,17H,1-4H3,(H2,16,20). The van der Waals surface area contributed by atoms with Crippen LogP contribution in [-0.4, -0.2) is 14.8 Å². The first-order valence-electron chi connectivity index (χ1n) is 6.60. The van der Waals surface area contributed by atoms with Crippen molar-refractivity contribution in [2.75, 3.05) is 5.32 Å². The molecule has 0 bridgehead atoms. The van der Waals surface area contributed by atoms with Crippen molar-refractivity contribution >= 4 is 28.7 Å². The Hall–Kier alpha value is -1.88.